The number of amides is 1. The number of hydrogen-bond acceptors (Lipinski definition) is 4. The summed E-state index contributed by atoms with van der Waals surface area (Å²) in [7, 11) is 0. The fourth-order valence-electron chi connectivity index (χ4n) is 1.92. The van der Waals surface area contributed by atoms with Gasteiger partial charge in [0.1, 0.15) is 11.6 Å². The first kappa shape index (κ1) is 14.8. The second-order valence-corrected chi connectivity index (χ2v) is 5.48. The van der Waals surface area contributed by atoms with Crippen LogP contribution in [0.15, 0.2) is 0 Å². The predicted octanol–water partition coefficient (Wildman–Crippen LogP) is 1.06. The number of aliphatic carboxylic acids is 1. The molecule has 1 unspecified atom stereocenters. The number of ether oxygens (including phenoxy) is 1. The van der Waals surface area contributed by atoms with Gasteiger partial charge in [0.15, 0.2) is 0 Å². The van der Waals surface area contributed by atoms with E-state index in [1.165, 1.54) is 0 Å². The minimum Gasteiger partial charge on any atom is -0.480 e. The highest BCUT2D eigenvalue weighted by Crippen LogP contribution is 2.12. The van der Waals surface area contributed by atoms with Crippen LogP contribution in [0.1, 0.15) is 33.6 Å². The van der Waals surface area contributed by atoms with Crippen molar-refractivity contribution in [2.24, 2.45) is 0 Å². The van der Waals surface area contributed by atoms with Crippen molar-refractivity contribution in [3.63, 3.8) is 0 Å². The monoisotopic (exact) mass is 258 g/mol. The Morgan fingerprint density at radius 3 is 2.33 bits per heavy atom. The summed E-state index contributed by atoms with van der Waals surface area (Å²) in [5.41, 5.74) is -0.573. The number of rotatable bonds is 4. The van der Waals surface area contributed by atoms with Gasteiger partial charge in [-0.1, -0.05) is 0 Å². The number of hydrogen-bond donors (Lipinski definition) is 2. The Labute approximate surface area is 107 Å². The smallest absolute Gasteiger partial charge is 0.407 e. The Morgan fingerprint density at radius 2 is 1.89 bits per heavy atom. The number of carbonyl (C=O) groups is 2. The molecule has 1 fully saturated rings. The molecule has 104 valence electrons. The van der Waals surface area contributed by atoms with Crippen LogP contribution in [0.3, 0.4) is 0 Å². The summed E-state index contributed by atoms with van der Waals surface area (Å²) in [5.74, 6) is -0.909. The van der Waals surface area contributed by atoms with Crippen LogP contribution in [-0.2, 0) is 9.53 Å². The van der Waals surface area contributed by atoms with Crippen molar-refractivity contribution >= 4 is 12.1 Å². The molecule has 6 nitrogen and oxygen atoms in total. The highest BCUT2D eigenvalue weighted by atomic mass is 16.6. The molecule has 2 N–H and O–H groups in total. The van der Waals surface area contributed by atoms with Crippen molar-refractivity contribution in [1.82, 2.24) is 10.2 Å². The quantitative estimate of drug-likeness (QED) is 0.788. The Morgan fingerprint density at radius 1 is 1.33 bits per heavy atom. The van der Waals surface area contributed by atoms with E-state index in [2.05, 4.69) is 5.32 Å². The van der Waals surface area contributed by atoms with E-state index < -0.39 is 23.7 Å². The van der Waals surface area contributed by atoms with Gasteiger partial charge < -0.3 is 15.2 Å². The molecule has 0 aromatic heterocycles. The maximum absolute atomic E-state index is 11.5. The number of carbonyl (C=O) groups excluding carboxylic acids is 1. The summed E-state index contributed by atoms with van der Waals surface area (Å²) in [6.07, 6.45) is 1.44. The lowest BCUT2D eigenvalue weighted by Gasteiger charge is -2.25. The summed E-state index contributed by atoms with van der Waals surface area (Å²) in [6, 6.07) is -0.667. The zero-order valence-electron chi connectivity index (χ0n) is 11.2. The van der Waals surface area contributed by atoms with Gasteiger partial charge in [0.05, 0.1) is 0 Å². The first-order valence-electron chi connectivity index (χ1n) is 6.23. The summed E-state index contributed by atoms with van der Waals surface area (Å²) < 4.78 is 5.07. The van der Waals surface area contributed by atoms with E-state index in [-0.39, 0.29) is 6.54 Å². The highest BCUT2D eigenvalue weighted by Gasteiger charge is 2.28. The van der Waals surface area contributed by atoms with Crippen LogP contribution in [-0.4, -0.2) is 53.3 Å². The summed E-state index contributed by atoms with van der Waals surface area (Å²) in [5, 5.41) is 11.7. The molecular weight excluding hydrogens is 236 g/mol. The van der Waals surface area contributed by atoms with Crippen LogP contribution in [0, 0.1) is 0 Å². The number of likely N-dealkylation sites (tertiary alicyclic amines) is 1. The molecule has 0 aromatic rings. The van der Waals surface area contributed by atoms with E-state index in [4.69, 9.17) is 9.84 Å². The van der Waals surface area contributed by atoms with Crippen molar-refractivity contribution in [3.05, 3.63) is 0 Å². The minimum atomic E-state index is -0.909. The third kappa shape index (κ3) is 4.91. The van der Waals surface area contributed by atoms with Crippen LogP contribution in [0.2, 0.25) is 0 Å². The van der Waals surface area contributed by atoms with Crippen LogP contribution < -0.4 is 5.32 Å². The van der Waals surface area contributed by atoms with Gasteiger partial charge in [-0.15, -0.1) is 0 Å². The molecule has 1 aliphatic rings. The Balaban J connectivity index is 2.42. The molecule has 1 saturated heterocycles. The number of carboxylic acids is 1. The van der Waals surface area contributed by atoms with Crippen LogP contribution in [0.25, 0.3) is 0 Å². The van der Waals surface area contributed by atoms with Gasteiger partial charge in [-0.3, -0.25) is 9.69 Å². The van der Waals surface area contributed by atoms with E-state index in [9.17, 15) is 9.59 Å². The summed E-state index contributed by atoms with van der Waals surface area (Å²) in [6.45, 7) is 6.91. The Bertz CT molecular complexity index is 306. The molecule has 0 spiro atoms. The first-order valence-corrected chi connectivity index (χ1v) is 6.23. The summed E-state index contributed by atoms with van der Waals surface area (Å²) in [4.78, 5) is 24.5. The number of nitrogens with one attached hydrogen (secondary N) is 1. The molecule has 0 aromatic carbocycles. The lowest BCUT2D eigenvalue weighted by molar-refractivity contribution is -0.142. The molecule has 1 heterocycles. The van der Waals surface area contributed by atoms with E-state index >= 15 is 0 Å². The number of nitrogens with zero attached hydrogens (tertiary/aromatic N) is 1. The Hall–Kier alpha value is -1.30. The van der Waals surface area contributed by atoms with Gasteiger partial charge in [-0.05, 0) is 46.7 Å². The molecule has 0 aliphatic carbocycles. The number of carboxylic acid groups (broad SMARTS) is 1. The highest BCUT2D eigenvalue weighted by molar-refractivity contribution is 5.75. The molecule has 18 heavy (non-hydrogen) atoms. The molecule has 0 bridgehead atoms. The molecule has 1 atom stereocenters. The van der Waals surface area contributed by atoms with Gasteiger partial charge in [0.25, 0.3) is 0 Å². The summed E-state index contributed by atoms with van der Waals surface area (Å²) >= 11 is 0. The van der Waals surface area contributed by atoms with Crippen molar-refractivity contribution in [2.45, 2.75) is 45.3 Å². The maximum atomic E-state index is 11.5. The lowest BCUT2D eigenvalue weighted by Crippen LogP contribution is -2.48. The molecule has 1 rings (SSSR count). The molecule has 0 radical (unpaired) electrons. The van der Waals surface area contributed by atoms with Crippen LogP contribution >= 0.6 is 0 Å². The number of alkyl carbamates (subject to hydrolysis) is 1. The standard InChI is InChI=1S/C12H22N2O4/c1-12(2,3)18-11(17)13-8-9(10(15)16)14-6-4-5-7-14/h9H,4-8H2,1-3H3,(H,13,17)(H,15,16). The normalized spacial score (nSPS) is 18.4. The minimum absolute atomic E-state index is 0.0737. The molecule has 1 amide bonds. The van der Waals surface area contributed by atoms with Gasteiger partial charge >= 0.3 is 12.1 Å². The maximum Gasteiger partial charge on any atom is 0.407 e. The second kappa shape index (κ2) is 6.04. The van der Waals surface area contributed by atoms with Crippen molar-refractivity contribution < 1.29 is 19.4 Å². The van der Waals surface area contributed by atoms with Crippen molar-refractivity contribution in [1.29, 1.82) is 0 Å². The fourth-order valence-corrected chi connectivity index (χ4v) is 1.92. The van der Waals surface area contributed by atoms with E-state index in [1.54, 1.807) is 20.8 Å². The average Bonchev–Trinajstić information content (AvgIpc) is 2.67. The largest absolute Gasteiger partial charge is 0.480 e. The van der Waals surface area contributed by atoms with E-state index in [0.29, 0.717) is 0 Å². The zero-order chi connectivity index (χ0) is 13.8. The van der Waals surface area contributed by atoms with Gasteiger partial charge in [-0.2, -0.15) is 0 Å². The zero-order valence-corrected chi connectivity index (χ0v) is 11.2. The second-order valence-electron chi connectivity index (χ2n) is 5.48. The van der Waals surface area contributed by atoms with Gasteiger partial charge in [0.2, 0.25) is 0 Å². The van der Waals surface area contributed by atoms with E-state index in [1.807, 2.05) is 4.90 Å². The lowest BCUT2D eigenvalue weighted by atomic mass is 10.2. The predicted molar refractivity (Wildman–Crippen MR) is 66.5 cm³/mol. The molecule has 0 saturated carbocycles. The third-order valence-electron chi connectivity index (χ3n) is 2.71. The topological polar surface area (TPSA) is 78.9 Å². The van der Waals surface area contributed by atoms with Crippen LogP contribution in [0.5, 0.6) is 0 Å². The van der Waals surface area contributed by atoms with Gasteiger partial charge in [-0.25, -0.2) is 4.79 Å². The molecule has 6 heteroatoms. The SMILES string of the molecule is CC(C)(C)OC(=O)NCC(C(=O)O)N1CCCC1. The average molecular weight is 258 g/mol. The van der Waals surface area contributed by atoms with Crippen LogP contribution in [0.4, 0.5) is 4.79 Å². The molecule has 1 aliphatic heterocycles. The third-order valence-corrected chi connectivity index (χ3v) is 2.71. The van der Waals surface area contributed by atoms with E-state index in [0.717, 1.165) is 25.9 Å². The van der Waals surface area contributed by atoms with Crippen molar-refractivity contribution in [2.75, 3.05) is 19.6 Å². The Kier molecular flexibility index (Phi) is 4.95. The fraction of sp³-hybridized carbons (Fsp3) is 0.833. The van der Waals surface area contributed by atoms with Gasteiger partial charge in [0, 0.05) is 6.54 Å². The molecular formula is C12H22N2O4. The first-order chi connectivity index (χ1) is 8.29. The van der Waals surface area contributed by atoms with Crippen molar-refractivity contribution in [3.8, 4) is 0 Å².